The Kier molecular flexibility index (Phi) is 10.6. The molecule has 1 rings (SSSR count). The highest BCUT2D eigenvalue weighted by Crippen LogP contribution is 2.09. The van der Waals surface area contributed by atoms with Crippen LogP contribution in [0.15, 0.2) is 30.3 Å². The van der Waals surface area contributed by atoms with Gasteiger partial charge in [-0.2, -0.15) is 11.8 Å². The summed E-state index contributed by atoms with van der Waals surface area (Å²) in [5, 5.41) is 14.7. The summed E-state index contributed by atoms with van der Waals surface area (Å²) in [6.45, 7) is 3.82. The molecule has 0 radical (unpaired) electrons. The molecule has 0 saturated carbocycles. The number of rotatable bonds is 12. The van der Waals surface area contributed by atoms with Gasteiger partial charge in [0, 0.05) is 6.42 Å². The third-order valence-corrected chi connectivity index (χ3v) is 5.34. The summed E-state index contributed by atoms with van der Waals surface area (Å²) in [6.07, 6.45) is 3.20. The van der Waals surface area contributed by atoms with Gasteiger partial charge in [-0.3, -0.25) is 9.59 Å². The summed E-state index contributed by atoms with van der Waals surface area (Å²) < 4.78 is 0. The third kappa shape index (κ3) is 7.90. The largest absolute Gasteiger partial charge is 0.480 e. The van der Waals surface area contributed by atoms with Crippen molar-refractivity contribution in [2.75, 3.05) is 12.0 Å². The lowest BCUT2D eigenvalue weighted by Gasteiger charge is -2.24. The molecule has 0 heterocycles. The van der Waals surface area contributed by atoms with Crippen LogP contribution in [-0.4, -0.2) is 53.0 Å². The highest BCUT2D eigenvalue weighted by Gasteiger charge is 2.29. The van der Waals surface area contributed by atoms with E-state index in [1.165, 1.54) is 0 Å². The molecule has 0 spiro atoms. The predicted molar refractivity (Wildman–Crippen MR) is 112 cm³/mol. The van der Waals surface area contributed by atoms with Crippen LogP contribution in [0.2, 0.25) is 0 Å². The van der Waals surface area contributed by atoms with Crippen LogP contribution >= 0.6 is 11.8 Å². The maximum absolute atomic E-state index is 12.7. The van der Waals surface area contributed by atoms with Gasteiger partial charge in [-0.05, 0) is 29.9 Å². The van der Waals surface area contributed by atoms with Crippen LogP contribution in [0.25, 0.3) is 0 Å². The Balaban J connectivity index is 2.83. The average Bonchev–Trinajstić information content (AvgIpc) is 2.69. The van der Waals surface area contributed by atoms with Gasteiger partial charge in [-0.25, -0.2) is 4.79 Å². The first kappa shape index (κ1) is 24.0. The summed E-state index contributed by atoms with van der Waals surface area (Å²) in [5.41, 5.74) is 6.76. The summed E-state index contributed by atoms with van der Waals surface area (Å²) >= 11 is 1.54. The number of nitrogens with one attached hydrogen (secondary N) is 2. The van der Waals surface area contributed by atoms with Crippen molar-refractivity contribution < 1.29 is 19.5 Å². The van der Waals surface area contributed by atoms with Gasteiger partial charge in [0.25, 0.3) is 0 Å². The van der Waals surface area contributed by atoms with Crippen molar-refractivity contribution in [3.8, 4) is 0 Å². The number of hydrogen-bond donors (Lipinski definition) is 4. The fraction of sp³-hybridized carbons (Fsp3) is 0.550. The summed E-state index contributed by atoms with van der Waals surface area (Å²) in [7, 11) is 0. The predicted octanol–water partition coefficient (Wildman–Crippen LogP) is 1.41. The average molecular weight is 410 g/mol. The highest BCUT2D eigenvalue weighted by molar-refractivity contribution is 7.98. The van der Waals surface area contributed by atoms with E-state index >= 15 is 0 Å². The van der Waals surface area contributed by atoms with Gasteiger partial charge in [-0.1, -0.05) is 50.6 Å². The smallest absolute Gasteiger partial charge is 0.326 e. The number of thioether (sulfide) groups is 1. The molecule has 0 aromatic heterocycles. The number of carboxylic acid groups (broad SMARTS) is 1. The Bertz CT molecular complexity index is 642. The second-order valence-corrected chi connectivity index (χ2v) is 7.83. The molecule has 4 atom stereocenters. The molecule has 1 aromatic carbocycles. The SMILES string of the molecule is CCC(C)C(N)C(=O)NC(CCSC)C(=O)NC(Cc1ccccc1)C(=O)O. The van der Waals surface area contributed by atoms with Gasteiger partial charge < -0.3 is 21.5 Å². The van der Waals surface area contributed by atoms with Crippen molar-refractivity contribution in [2.45, 2.75) is 51.2 Å². The molecule has 0 fully saturated rings. The number of benzene rings is 1. The Hall–Kier alpha value is -2.06. The van der Waals surface area contributed by atoms with Gasteiger partial charge in [0.2, 0.25) is 11.8 Å². The molecule has 1 aromatic rings. The van der Waals surface area contributed by atoms with E-state index in [4.69, 9.17) is 5.73 Å². The van der Waals surface area contributed by atoms with Crippen molar-refractivity contribution in [1.29, 1.82) is 0 Å². The highest BCUT2D eigenvalue weighted by atomic mass is 32.2. The Morgan fingerprint density at radius 3 is 2.25 bits per heavy atom. The van der Waals surface area contributed by atoms with Crippen molar-refractivity contribution in [1.82, 2.24) is 10.6 Å². The summed E-state index contributed by atoms with van der Waals surface area (Å²) in [4.78, 5) is 36.7. The molecule has 0 aliphatic rings. The molecule has 2 amide bonds. The molecule has 5 N–H and O–H groups in total. The Morgan fingerprint density at radius 2 is 1.71 bits per heavy atom. The summed E-state index contributed by atoms with van der Waals surface area (Å²) in [5.74, 6) is -1.40. The molecular weight excluding hydrogens is 378 g/mol. The minimum Gasteiger partial charge on any atom is -0.480 e. The number of carbonyl (C=O) groups excluding carboxylic acids is 2. The Labute approximate surface area is 170 Å². The van der Waals surface area contributed by atoms with Crippen molar-refractivity contribution in [3.05, 3.63) is 35.9 Å². The fourth-order valence-electron chi connectivity index (χ4n) is 2.61. The van der Waals surface area contributed by atoms with Crippen LogP contribution in [0.4, 0.5) is 0 Å². The fourth-order valence-corrected chi connectivity index (χ4v) is 3.08. The van der Waals surface area contributed by atoms with E-state index < -0.39 is 35.9 Å². The van der Waals surface area contributed by atoms with E-state index in [0.29, 0.717) is 12.2 Å². The zero-order valence-corrected chi connectivity index (χ0v) is 17.5. The first-order chi connectivity index (χ1) is 13.3. The molecule has 0 aliphatic carbocycles. The minimum absolute atomic E-state index is 0.0193. The van der Waals surface area contributed by atoms with Gasteiger partial charge in [0.1, 0.15) is 12.1 Å². The maximum atomic E-state index is 12.7. The van der Waals surface area contributed by atoms with E-state index in [2.05, 4.69) is 10.6 Å². The molecule has 156 valence electrons. The normalized spacial score (nSPS) is 15.1. The minimum atomic E-state index is -1.12. The molecule has 0 bridgehead atoms. The monoisotopic (exact) mass is 409 g/mol. The second-order valence-electron chi connectivity index (χ2n) is 6.84. The first-order valence-corrected chi connectivity index (χ1v) is 10.8. The van der Waals surface area contributed by atoms with E-state index in [0.717, 1.165) is 12.0 Å². The number of amides is 2. The van der Waals surface area contributed by atoms with Crippen LogP contribution in [0, 0.1) is 5.92 Å². The summed E-state index contributed by atoms with van der Waals surface area (Å²) in [6, 6.07) is 6.46. The third-order valence-electron chi connectivity index (χ3n) is 4.70. The molecule has 8 heteroatoms. The number of aliphatic carboxylic acids is 1. The van der Waals surface area contributed by atoms with Crippen LogP contribution in [0.3, 0.4) is 0 Å². The van der Waals surface area contributed by atoms with Crippen molar-refractivity contribution >= 4 is 29.5 Å². The number of carboxylic acids is 1. The molecule has 0 saturated heterocycles. The maximum Gasteiger partial charge on any atom is 0.326 e. The van der Waals surface area contributed by atoms with Gasteiger partial charge in [0.15, 0.2) is 0 Å². The Morgan fingerprint density at radius 1 is 1.11 bits per heavy atom. The molecule has 4 unspecified atom stereocenters. The lowest BCUT2D eigenvalue weighted by molar-refractivity contribution is -0.142. The van der Waals surface area contributed by atoms with E-state index in [9.17, 15) is 19.5 Å². The molecular formula is C20H31N3O4S. The molecule has 0 aliphatic heterocycles. The van der Waals surface area contributed by atoms with Crippen molar-refractivity contribution in [3.63, 3.8) is 0 Å². The number of hydrogen-bond acceptors (Lipinski definition) is 5. The van der Waals surface area contributed by atoms with Gasteiger partial charge in [-0.15, -0.1) is 0 Å². The molecule has 7 nitrogen and oxygen atoms in total. The van der Waals surface area contributed by atoms with Crippen LogP contribution < -0.4 is 16.4 Å². The first-order valence-electron chi connectivity index (χ1n) is 9.42. The number of nitrogens with two attached hydrogens (primary N) is 1. The van der Waals surface area contributed by atoms with E-state index in [-0.39, 0.29) is 12.3 Å². The zero-order valence-electron chi connectivity index (χ0n) is 16.7. The van der Waals surface area contributed by atoms with Crippen LogP contribution in [0.1, 0.15) is 32.3 Å². The quantitative estimate of drug-likeness (QED) is 0.414. The van der Waals surface area contributed by atoms with Gasteiger partial charge in [0.05, 0.1) is 6.04 Å². The van der Waals surface area contributed by atoms with Crippen LogP contribution in [0.5, 0.6) is 0 Å². The topological polar surface area (TPSA) is 122 Å². The lowest BCUT2D eigenvalue weighted by Crippen LogP contribution is -2.55. The van der Waals surface area contributed by atoms with Crippen molar-refractivity contribution in [2.24, 2.45) is 11.7 Å². The molecule has 28 heavy (non-hydrogen) atoms. The standard InChI is InChI=1S/C20H31N3O4S/c1-4-13(2)17(21)19(25)22-15(10-11-28-3)18(24)23-16(20(26)27)12-14-8-6-5-7-9-14/h5-9,13,15-17H,4,10-12,21H2,1-3H3,(H,22,25)(H,23,24)(H,26,27). The zero-order chi connectivity index (χ0) is 21.1. The number of carbonyl (C=O) groups is 3. The van der Waals surface area contributed by atoms with E-state index in [1.54, 1.807) is 23.9 Å². The van der Waals surface area contributed by atoms with Gasteiger partial charge >= 0.3 is 5.97 Å². The van der Waals surface area contributed by atoms with E-state index in [1.807, 2.05) is 38.3 Å². The lowest BCUT2D eigenvalue weighted by atomic mass is 9.99. The van der Waals surface area contributed by atoms with Crippen LogP contribution in [-0.2, 0) is 20.8 Å². The second kappa shape index (κ2) is 12.4.